The van der Waals surface area contributed by atoms with E-state index in [1.165, 1.54) is 17.0 Å². The van der Waals surface area contributed by atoms with E-state index in [1.54, 1.807) is 63.7 Å². The fourth-order valence-corrected chi connectivity index (χ4v) is 4.00. The third-order valence-electron chi connectivity index (χ3n) is 5.79. The maximum Gasteiger partial charge on any atom is 0.266 e. The van der Waals surface area contributed by atoms with Gasteiger partial charge in [-0.3, -0.25) is 14.4 Å². The normalized spacial score (nSPS) is 12.4. The van der Waals surface area contributed by atoms with E-state index in [4.69, 9.17) is 14.2 Å². The second-order valence-corrected chi connectivity index (χ2v) is 7.97. The summed E-state index contributed by atoms with van der Waals surface area (Å²) < 4.78 is 16.1. The zero-order chi connectivity index (χ0) is 25.1. The van der Waals surface area contributed by atoms with Crippen molar-refractivity contribution in [3.8, 4) is 17.2 Å². The fraction of sp³-hybridized carbons (Fsp3) is 0.222. The quantitative estimate of drug-likeness (QED) is 0.456. The van der Waals surface area contributed by atoms with Crippen molar-refractivity contribution in [3.63, 3.8) is 0 Å². The first-order chi connectivity index (χ1) is 16.9. The van der Waals surface area contributed by atoms with Gasteiger partial charge in [0.2, 0.25) is 0 Å². The number of rotatable bonds is 8. The summed E-state index contributed by atoms with van der Waals surface area (Å²) in [5.41, 5.74) is 2.02. The van der Waals surface area contributed by atoms with Crippen molar-refractivity contribution in [2.75, 3.05) is 32.8 Å². The SMILES string of the molecule is CCOc1ccc(N2C(=O)c3ccc(C(=O)N(C)Cc4ccc(OC)cc4OC)cc3C2=O)cc1. The summed E-state index contributed by atoms with van der Waals surface area (Å²) in [5.74, 6) is 0.721. The van der Waals surface area contributed by atoms with E-state index in [2.05, 4.69) is 0 Å². The van der Waals surface area contributed by atoms with Gasteiger partial charge in [0.25, 0.3) is 17.7 Å². The Morgan fingerprint density at radius 2 is 1.54 bits per heavy atom. The first kappa shape index (κ1) is 23.8. The second kappa shape index (κ2) is 9.89. The highest BCUT2D eigenvalue weighted by Crippen LogP contribution is 2.31. The van der Waals surface area contributed by atoms with Crippen LogP contribution in [0.3, 0.4) is 0 Å². The van der Waals surface area contributed by atoms with Crippen LogP contribution in [0.2, 0.25) is 0 Å². The molecule has 0 saturated heterocycles. The first-order valence-corrected chi connectivity index (χ1v) is 11.1. The van der Waals surface area contributed by atoms with Crippen molar-refractivity contribution >= 4 is 23.4 Å². The van der Waals surface area contributed by atoms with Crippen LogP contribution in [-0.2, 0) is 6.54 Å². The Kier molecular flexibility index (Phi) is 6.73. The highest BCUT2D eigenvalue weighted by Gasteiger charge is 2.37. The van der Waals surface area contributed by atoms with Crippen LogP contribution in [0.5, 0.6) is 17.2 Å². The molecule has 8 heteroatoms. The number of carbonyl (C=O) groups excluding carboxylic acids is 3. The lowest BCUT2D eigenvalue weighted by molar-refractivity contribution is 0.0783. The molecule has 1 aliphatic heterocycles. The van der Waals surface area contributed by atoms with Gasteiger partial charge < -0.3 is 19.1 Å². The minimum Gasteiger partial charge on any atom is -0.497 e. The summed E-state index contributed by atoms with van der Waals surface area (Å²) in [6, 6.07) is 16.7. The van der Waals surface area contributed by atoms with Gasteiger partial charge in [-0.15, -0.1) is 0 Å². The van der Waals surface area contributed by atoms with E-state index < -0.39 is 11.8 Å². The van der Waals surface area contributed by atoms with E-state index >= 15 is 0 Å². The number of imide groups is 1. The van der Waals surface area contributed by atoms with Crippen LogP contribution >= 0.6 is 0 Å². The van der Waals surface area contributed by atoms with E-state index in [-0.39, 0.29) is 23.6 Å². The number of nitrogens with zero attached hydrogens (tertiary/aromatic N) is 2. The first-order valence-electron chi connectivity index (χ1n) is 11.1. The summed E-state index contributed by atoms with van der Waals surface area (Å²) in [4.78, 5) is 41.9. The van der Waals surface area contributed by atoms with Gasteiger partial charge in [-0.25, -0.2) is 4.90 Å². The number of methoxy groups -OCH3 is 2. The number of hydrogen-bond acceptors (Lipinski definition) is 6. The standard InChI is InChI=1S/C27H26N2O6/c1-5-35-20-11-8-19(9-12-20)29-26(31)22-13-7-17(14-23(22)27(29)32)25(30)28(2)16-18-6-10-21(33-3)15-24(18)34-4/h6-15H,5,16H2,1-4H3. The third kappa shape index (κ3) is 4.55. The summed E-state index contributed by atoms with van der Waals surface area (Å²) in [6.45, 7) is 2.68. The molecule has 35 heavy (non-hydrogen) atoms. The van der Waals surface area contributed by atoms with Crippen LogP contribution in [0.4, 0.5) is 5.69 Å². The van der Waals surface area contributed by atoms with Gasteiger partial charge in [-0.2, -0.15) is 0 Å². The Bertz CT molecular complexity index is 1290. The largest absolute Gasteiger partial charge is 0.497 e. The van der Waals surface area contributed by atoms with E-state index in [9.17, 15) is 14.4 Å². The predicted octanol–water partition coefficient (Wildman–Crippen LogP) is 4.18. The lowest BCUT2D eigenvalue weighted by Crippen LogP contribution is -2.29. The Morgan fingerprint density at radius 1 is 0.857 bits per heavy atom. The van der Waals surface area contributed by atoms with Crippen LogP contribution in [0.1, 0.15) is 43.6 Å². The molecule has 3 aromatic carbocycles. The zero-order valence-electron chi connectivity index (χ0n) is 20.0. The molecular formula is C27H26N2O6. The lowest BCUT2D eigenvalue weighted by Gasteiger charge is -2.19. The monoisotopic (exact) mass is 474 g/mol. The van der Waals surface area contributed by atoms with Crippen LogP contribution in [0.25, 0.3) is 0 Å². The van der Waals surface area contributed by atoms with Gasteiger partial charge in [-0.1, -0.05) is 0 Å². The zero-order valence-corrected chi connectivity index (χ0v) is 20.0. The molecule has 0 atom stereocenters. The van der Waals surface area contributed by atoms with Gasteiger partial charge in [0.15, 0.2) is 0 Å². The van der Waals surface area contributed by atoms with E-state index in [0.29, 0.717) is 35.1 Å². The molecule has 0 aromatic heterocycles. The Balaban J connectivity index is 1.55. The Morgan fingerprint density at radius 3 is 2.20 bits per heavy atom. The molecule has 4 rings (SSSR count). The highest BCUT2D eigenvalue weighted by atomic mass is 16.5. The number of amides is 3. The molecule has 0 fully saturated rings. The molecule has 0 radical (unpaired) electrons. The molecule has 1 heterocycles. The molecule has 0 saturated carbocycles. The molecule has 0 N–H and O–H groups in total. The number of fused-ring (bicyclic) bond motifs is 1. The Hall–Kier alpha value is -4.33. The van der Waals surface area contributed by atoms with Crippen molar-refractivity contribution in [2.24, 2.45) is 0 Å². The summed E-state index contributed by atoms with van der Waals surface area (Å²) in [7, 11) is 4.79. The maximum atomic E-state index is 13.1. The van der Waals surface area contributed by atoms with E-state index in [0.717, 1.165) is 10.5 Å². The lowest BCUT2D eigenvalue weighted by atomic mass is 10.0. The highest BCUT2D eigenvalue weighted by molar-refractivity contribution is 6.34. The minimum atomic E-state index is -0.469. The van der Waals surface area contributed by atoms with Crippen molar-refractivity contribution in [1.29, 1.82) is 0 Å². The molecule has 3 amide bonds. The molecule has 8 nitrogen and oxygen atoms in total. The fourth-order valence-electron chi connectivity index (χ4n) is 4.00. The molecule has 180 valence electrons. The summed E-state index contributed by atoms with van der Waals surface area (Å²) >= 11 is 0. The van der Waals surface area contributed by atoms with E-state index in [1.807, 2.05) is 13.0 Å². The molecule has 0 aliphatic carbocycles. The molecule has 0 bridgehead atoms. The smallest absolute Gasteiger partial charge is 0.266 e. The number of hydrogen-bond donors (Lipinski definition) is 0. The van der Waals surface area contributed by atoms with Crippen LogP contribution in [-0.4, -0.2) is 50.5 Å². The molecule has 0 unspecified atom stereocenters. The molecular weight excluding hydrogens is 448 g/mol. The third-order valence-corrected chi connectivity index (χ3v) is 5.79. The topological polar surface area (TPSA) is 85.4 Å². The van der Waals surface area contributed by atoms with Gasteiger partial charge in [-0.05, 0) is 61.5 Å². The van der Waals surface area contributed by atoms with Crippen LogP contribution < -0.4 is 19.1 Å². The van der Waals surface area contributed by atoms with Gasteiger partial charge >= 0.3 is 0 Å². The average Bonchev–Trinajstić information content (AvgIpc) is 3.13. The summed E-state index contributed by atoms with van der Waals surface area (Å²) in [6.07, 6.45) is 0. The molecule has 1 aliphatic rings. The second-order valence-electron chi connectivity index (χ2n) is 7.97. The number of benzene rings is 3. The van der Waals surface area contributed by atoms with Crippen molar-refractivity contribution in [3.05, 3.63) is 82.9 Å². The van der Waals surface area contributed by atoms with Crippen LogP contribution in [0.15, 0.2) is 60.7 Å². The predicted molar refractivity (Wildman–Crippen MR) is 131 cm³/mol. The number of anilines is 1. The molecule has 0 spiro atoms. The van der Waals surface area contributed by atoms with Crippen molar-refractivity contribution < 1.29 is 28.6 Å². The molecule has 3 aromatic rings. The van der Waals surface area contributed by atoms with Gasteiger partial charge in [0.1, 0.15) is 17.2 Å². The van der Waals surface area contributed by atoms with Gasteiger partial charge in [0.05, 0.1) is 37.6 Å². The Labute approximate surface area is 203 Å². The van der Waals surface area contributed by atoms with Crippen LogP contribution in [0, 0.1) is 0 Å². The minimum absolute atomic E-state index is 0.199. The maximum absolute atomic E-state index is 13.1. The number of carbonyl (C=O) groups is 3. The average molecular weight is 475 g/mol. The number of ether oxygens (including phenoxy) is 3. The van der Waals surface area contributed by atoms with Crippen molar-refractivity contribution in [1.82, 2.24) is 4.90 Å². The van der Waals surface area contributed by atoms with Crippen molar-refractivity contribution in [2.45, 2.75) is 13.5 Å². The van der Waals surface area contributed by atoms with Gasteiger partial charge in [0, 0.05) is 30.8 Å². The summed E-state index contributed by atoms with van der Waals surface area (Å²) in [5, 5.41) is 0.